The molecule has 0 unspecified atom stereocenters. The van der Waals surface area contributed by atoms with E-state index in [0.717, 1.165) is 0 Å². The number of amides is 2. The van der Waals surface area contributed by atoms with Gasteiger partial charge in [0, 0.05) is 30.9 Å². The minimum atomic E-state index is -0.548. The molecule has 3 aromatic rings. The Balaban J connectivity index is 1.63. The highest BCUT2D eigenvalue weighted by Gasteiger charge is 2.26. The largest absolute Gasteiger partial charge is 0.322 e. The van der Waals surface area contributed by atoms with Gasteiger partial charge in [-0.3, -0.25) is 9.36 Å². The Morgan fingerprint density at radius 1 is 1.35 bits per heavy atom. The molecule has 1 N–H and O–H groups in total. The number of anilines is 1. The summed E-state index contributed by atoms with van der Waals surface area (Å²) in [5.41, 5.74) is 2.37. The van der Waals surface area contributed by atoms with Gasteiger partial charge in [-0.25, -0.2) is 13.7 Å². The zero-order chi connectivity index (χ0) is 18.4. The third-order valence-corrected chi connectivity index (χ3v) is 4.85. The van der Waals surface area contributed by atoms with E-state index in [2.05, 4.69) is 10.4 Å². The summed E-state index contributed by atoms with van der Waals surface area (Å²) in [5, 5.41) is 6.91. The van der Waals surface area contributed by atoms with Gasteiger partial charge < -0.3 is 10.2 Å². The van der Waals surface area contributed by atoms with E-state index in [1.54, 1.807) is 33.3 Å². The highest BCUT2D eigenvalue weighted by molar-refractivity contribution is 6.31. The number of nitrogens with one attached hydrogen (secondary N) is 1. The van der Waals surface area contributed by atoms with Crippen molar-refractivity contribution in [3.8, 4) is 0 Å². The minimum Gasteiger partial charge on any atom is -0.318 e. The lowest BCUT2D eigenvalue weighted by Gasteiger charge is -2.29. The molecule has 0 atom stereocenters. The first kappa shape index (κ1) is 16.6. The van der Waals surface area contributed by atoms with E-state index >= 15 is 0 Å². The molecule has 4 rings (SSSR count). The molecule has 0 spiro atoms. The van der Waals surface area contributed by atoms with Gasteiger partial charge in [0.05, 0.1) is 23.5 Å². The van der Waals surface area contributed by atoms with E-state index in [1.165, 1.54) is 18.2 Å². The molecular formula is C17H15ClFN5O2. The second kappa shape index (κ2) is 6.14. The fraction of sp³-hybridized carbons (Fsp3) is 0.235. The molecule has 26 heavy (non-hydrogen) atoms. The molecule has 7 nitrogen and oxygen atoms in total. The summed E-state index contributed by atoms with van der Waals surface area (Å²) < 4.78 is 16.5. The van der Waals surface area contributed by atoms with Crippen molar-refractivity contribution in [2.24, 2.45) is 7.05 Å². The van der Waals surface area contributed by atoms with Crippen molar-refractivity contribution < 1.29 is 9.18 Å². The van der Waals surface area contributed by atoms with Gasteiger partial charge in [-0.15, -0.1) is 0 Å². The summed E-state index contributed by atoms with van der Waals surface area (Å²) in [4.78, 5) is 26.7. The monoisotopic (exact) mass is 375 g/mol. The SMILES string of the molecule is Cn1c(=O)c2c(n3nccc13)CN(C(=O)Nc1ccc(F)c(Cl)c1)CC2. The van der Waals surface area contributed by atoms with Crippen LogP contribution in [0.3, 0.4) is 0 Å². The molecule has 1 aromatic carbocycles. The molecule has 1 aliphatic heterocycles. The lowest BCUT2D eigenvalue weighted by atomic mass is 10.1. The standard InChI is InChI=1S/C17H15ClFN5O2/c1-22-15-4-6-20-24(15)14-9-23(7-5-11(14)16(22)25)17(26)21-10-2-3-13(19)12(18)8-10/h2-4,6,8H,5,7,9H2,1H3,(H,21,26). The van der Waals surface area contributed by atoms with Crippen LogP contribution in [-0.4, -0.2) is 31.7 Å². The zero-order valence-electron chi connectivity index (χ0n) is 13.9. The summed E-state index contributed by atoms with van der Waals surface area (Å²) in [5.74, 6) is -0.548. The molecule has 0 radical (unpaired) electrons. The van der Waals surface area contributed by atoms with Gasteiger partial charge in [0.25, 0.3) is 5.56 Å². The molecule has 0 saturated heterocycles. The number of urea groups is 1. The molecule has 0 saturated carbocycles. The molecule has 2 amide bonds. The number of benzene rings is 1. The van der Waals surface area contributed by atoms with Gasteiger partial charge in [-0.05, 0) is 24.6 Å². The smallest absolute Gasteiger partial charge is 0.318 e. The summed E-state index contributed by atoms with van der Waals surface area (Å²) in [6, 6.07) is 5.40. The second-order valence-electron chi connectivity index (χ2n) is 6.12. The predicted molar refractivity (Wildman–Crippen MR) is 95.0 cm³/mol. The van der Waals surface area contributed by atoms with Crippen LogP contribution >= 0.6 is 11.6 Å². The Labute approximate surface area is 152 Å². The van der Waals surface area contributed by atoms with Crippen LogP contribution in [0, 0.1) is 5.82 Å². The van der Waals surface area contributed by atoms with E-state index in [9.17, 15) is 14.0 Å². The van der Waals surface area contributed by atoms with E-state index in [0.29, 0.717) is 35.6 Å². The van der Waals surface area contributed by atoms with Crippen LogP contribution < -0.4 is 10.9 Å². The van der Waals surface area contributed by atoms with Crippen molar-refractivity contribution in [1.29, 1.82) is 0 Å². The quantitative estimate of drug-likeness (QED) is 0.710. The first-order valence-electron chi connectivity index (χ1n) is 8.01. The summed E-state index contributed by atoms with van der Waals surface area (Å²) >= 11 is 5.75. The average Bonchev–Trinajstić information content (AvgIpc) is 3.12. The number of aromatic nitrogens is 3. The van der Waals surface area contributed by atoms with Crippen LogP contribution in [0.15, 0.2) is 35.3 Å². The molecule has 0 fully saturated rings. The molecular weight excluding hydrogens is 361 g/mol. The molecule has 1 aliphatic rings. The fourth-order valence-electron chi connectivity index (χ4n) is 3.19. The van der Waals surface area contributed by atoms with Crippen LogP contribution in [0.2, 0.25) is 5.02 Å². The Morgan fingerprint density at radius 2 is 2.15 bits per heavy atom. The first-order chi connectivity index (χ1) is 12.5. The maximum Gasteiger partial charge on any atom is 0.322 e. The third kappa shape index (κ3) is 2.62. The van der Waals surface area contributed by atoms with Crippen molar-refractivity contribution in [3.05, 3.63) is 62.9 Å². The van der Waals surface area contributed by atoms with E-state index in [4.69, 9.17) is 11.6 Å². The summed E-state index contributed by atoms with van der Waals surface area (Å²) in [6.45, 7) is 0.653. The number of aryl methyl sites for hydroxylation is 1. The number of nitrogens with zero attached hydrogens (tertiary/aromatic N) is 4. The second-order valence-corrected chi connectivity index (χ2v) is 6.53. The number of fused-ring (bicyclic) bond motifs is 3. The fourth-order valence-corrected chi connectivity index (χ4v) is 3.37. The zero-order valence-corrected chi connectivity index (χ0v) is 14.6. The maximum absolute atomic E-state index is 13.2. The van der Waals surface area contributed by atoms with E-state index < -0.39 is 5.82 Å². The summed E-state index contributed by atoms with van der Waals surface area (Å²) in [7, 11) is 1.71. The number of carbonyl (C=O) groups is 1. The average molecular weight is 376 g/mol. The van der Waals surface area contributed by atoms with Crippen LogP contribution in [0.4, 0.5) is 14.9 Å². The van der Waals surface area contributed by atoms with Crippen LogP contribution in [-0.2, 0) is 20.0 Å². The van der Waals surface area contributed by atoms with Crippen molar-refractivity contribution in [2.45, 2.75) is 13.0 Å². The summed E-state index contributed by atoms with van der Waals surface area (Å²) in [6.07, 6.45) is 2.06. The number of hydrogen-bond donors (Lipinski definition) is 1. The van der Waals surface area contributed by atoms with Gasteiger partial charge in [-0.1, -0.05) is 11.6 Å². The Morgan fingerprint density at radius 3 is 2.92 bits per heavy atom. The van der Waals surface area contributed by atoms with Gasteiger partial charge in [0.1, 0.15) is 11.5 Å². The minimum absolute atomic E-state index is 0.0615. The van der Waals surface area contributed by atoms with Crippen LogP contribution in [0.5, 0.6) is 0 Å². The van der Waals surface area contributed by atoms with Crippen LogP contribution in [0.1, 0.15) is 11.3 Å². The normalized spacial score (nSPS) is 13.7. The lowest BCUT2D eigenvalue weighted by molar-refractivity contribution is 0.204. The number of halogens is 2. The highest BCUT2D eigenvalue weighted by Crippen LogP contribution is 2.21. The van der Waals surface area contributed by atoms with Gasteiger partial charge in [-0.2, -0.15) is 5.10 Å². The molecule has 134 valence electrons. The molecule has 0 aliphatic carbocycles. The molecule has 2 aromatic heterocycles. The van der Waals surface area contributed by atoms with E-state index in [-0.39, 0.29) is 23.2 Å². The molecule has 3 heterocycles. The topological polar surface area (TPSA) is 71.6 Å². The molecule has 0 bridgehead atoms. The number of hydrogen-bond acceptors (Lipinski definition) is 3. The Kier molecular flexibility index (Phi) is 3.91. The number of rotatable bonds is 1. The lowest BCUT2D eigenvalue weighted by Crippen LogP contribution is -2.42. The Bertz CT molecular complexity index is 1090. The third-order valence-electron chi connectivity index (χ3n) is 4.56. The molecule has 9 heteroatoms. The van der Waals surface area contributed by atoms with Gasteiger partial charge >= 0.3 is 6.03 Å². The predicted octanol–water partition coefficient (Wildman–Crippen LogP) is 2.42. The van der Waals surface area contributed by atoms with Crippen molar-refractivity contribution in [2.75, 3.05) is 11.9 Å². The highest BCUT2D eigenvalue weighted by atomic mass is 35.5. The van der Waals surface area contributed by atoms with E-state index in [1.807, 2.05) is 0 Å². The first-order valence-corrected chi connectivity index (χ1v) is 8.39. The van der Waals surface area contributed by atoms with Crippen molar-refractivity contribution >= 4 is 29.0 Å². The van der Waals surface area contributed by atoms with Gasteiger partial charge in [0.2, 0.25) is 0 Å². The number of carbonyl (C=O) groups excluding carboxylic acids is 1. The maximum atomic E-state index is 13.2. The van der Waals surface area contributed by atoms with Gasteiger partial charge in [0.15, 0.2) is 0 Å². The Hall–Kier alpha value is -2.87. The van der Waals surface area contributed by atoms with Crippen LogP contribution in [0.25, 0.3) is 5.65 Å². The van der Waals surface area contributed by atoms with Crippen molar-refractivity contribution in [1.82, 2.24) is 19.1 Å². The van der Waals surface area contributed by atoms with Crippen molar-refractivity contribution in [3.63, 3.8) is 0 Å².